The van der Waals surface area contributed by atoms with Crippen LogP contribution in [0.3, 0.4) is 0 Å². The Bertz CT molecular complexity index is 1270. The number of aromatic nitrogens is 4. The number of rotatable bonds is 7. The number of non-ortho nitro benzene ring substituents is 1. The molecule has 0 atom stereocenters. The first kappa shape index (κ1) is 21.2. The number of benzene rings is 1. The lowest BCUT2D eigenvalue weighted by molar-refractivity contribution is -0.384. The number of hydrazone groups is 1. The lowest BCUT2D eigenvalue weighted by Crippen LogP contribution is -2.27. The quantitative estimate of drug-likeness (QED) is 0.217. The summed E-state index contributed by atoms with van der Waals surface area (Å²) >= 11 is 0.908. The molecule has 14 nitrogen and oxygen atoms in total. The largest absolute Gasteiger partial charge is 0.326 e. The summed E-state index contributed by atoms with van der Waals surface area (Å²) < 4.78 is 0. The van der Waals surface area contributed by atoms with E-state index in [1.165, 1.54) is 24.4 Å². The van der Waals surface area contributed by atoms with E-state index in [9.17, 15) is 29.3 Å². The third kappa shape index (κ3) is 5.97. The van der Waals surface area contributed by atoms with Crippen molar-refractivity contribution in [1.29, 1.82) is 0 Å². The summed E-state index contributed by atoms with van der Waals surface area (Å²) in [6.45, 7) is 0. The highest BCUT2D eigenvalue weighted by molar-refractivity contribution is 7.15. The SMILES string of the molecule is O=C(Cc1nnc(NC(=O)c2cc(=O)[nH]c(=O)[nH]2)s1)NN=Cc1cccc([N+](=O)[O-])c1. The van der Waals surface area contributed by atoms with Crippen LogP contribution in [-0.4, -0.2) is 43.1 Å². The van der Waals surface area contributed by atoms with Crippen molar-refractivity contribution in [3.05, 3.63) is 77.5 Å². The molecule has 0 radical (unpaired) electrons. The molecule has 3 rings (SSSR count). The minimum absolute atomic E-state index is 0.0500. The Hall–Kier alpha value is -4.53. The zero-order chi connectivity index (χ0) is 22.4. The molecular weight excluding hydrogens is 432 g/mol. The zero-order valence-electron chi connectivity index (χ0n) is 15.3. The average molecular weight is 444 g/mol. The monoisotopic (exact) mass is 444 g/mol. The fourth-order valence-electron chi connectivity index (χ4n) is 2.21. The van der Waals surface area contributed by atoms with Crippen molar-refractivity contribution in [2.45, 2.75) is 6.42 Å². The smallest absolute Gasteiger partial charge is 0.303 e. The maximum Gasteiger partial charge on any atom is 0.326 e. The lowest BCUT2D eigenvalue weighted by Gasteiger charge is -1.99. The Morgan fingerprint density at radius 3 is 2.77 bits per heavy atom. The molecule has 2 aromatic heterocycles. The Labute approximate surface area is 175 Å². The molecule has 0 bridgehead atoms. The molecule has 4 N–H and O–H groups in total. The molecule has 31 heavy (non-hydrogen) atoms. The molecule has 0 fully saturated rings. The van der Waals surface area contributed by atoms with Crippen molar-refractivity contribution >= 4 is 40.2 Å². The summed E-state index contributed by atoms with van der Waals surface area (Å²) in [5.74, 6) is -1.31. The molecule has 1 aromatic carbocycles. The zero-order valence-corrected chi connectivity index (χ0v) is 16.1. The number of carbonyl (C=O) groups excluding carboxylic acids is 2. The van der Waals surface area contributed by atoms with Crippen molar-refractivity contribution < 1.29 is 14.5 Å². The van der Waals surface area contributed by atoms with E-state index in [4.69, 9.17) is 0 Å². The number of nitrogens with zero attached hydrogens (tertiary/aromatic N) is 4. The van der Waals surface area contributed by atoms with E-state index in [1.807, 2.05) is 4.98 Å². The van der Waals surface area contributed by atoms with Crippen LogP contribution in [0.2, 0.25) is 0 Å². The summed E-state index contributed by atoms with van der Waals surface area (Å²) in [4.78, 5) is 60.8. The van der Waals surface area contributed by atoms with Gasteiger partial charge in [-0.3, -0.25) is 34.8 Å². The van der Waals surface area contributed by atoms with Gasteiger partial charge in [-0.05, 0) is 0 Å². The summed E-state index contributed by atoms with van der Waals surface area (Å²) in [6, 6.07) is 6.60. The molecule has 0 unspecified atom stereocenters. The summed E-state index contributed by atoms with van der Waals surface area (Å²) in [5.41, 5.74) is 0.725. The molecule has 15 heteroatoms. The molecule has 2 heterocycles. The second kappa shape index (κ2) is 9.31. The number of H-pyrrole nitrogens is 2. The number of nitro benzene ring substituents is 1. The standard InChI is InChI=1S/C16H12N8O6S/c25-11-5-10(18-15(28)19-11)14(27)20-16-23-22-13(31-16)6-12(26)21-17-7-8-2-1-3-9(4-8)24(29)30/h1-5,7H,6H2,(H,21,26)(H,20,23,27)(H2,18,19,25,28). The summed E-state index contributed by atoms with van der Waals surface area (Å²) in [5, 5.41) is 24.6. The third-order valence-electron chi connectivity index (χ3n) is 3.49. The Kier molecular flexibility index (Phi) is 6.36. The number of aromatic amines is 2. The predicted molar refractivity (Wildman–Crippen MR) is 108 cm³/mol. The average Bonchev–Trinajstić information content (AvgIpc) is 3.14. The normalized spacial score (nSPS) is 10.7. The number of amides is 2. The highest BCUT2D eigenvalue weighted by Crippen LogP contribution is 2.16. The molecule has 0 aliphatic heterocycles. The van der Waals surface area contributed by atoms with Crippen LogP contribution in [0.15, 0.2) is 45.0 Å². The molecule has 0 saturated carbocycles. The number of nitro groups is 1. The van der Waals surface area contributed by atoms with Crippen LogP contribution in [0.4, 0.5) is 10.8 Å². The van der Waals surface area contributed by atoms with E-state index < -0.39 is 28.0 Å². The van der Waals surface area contributed by atoms with Gasteiger partial charge in [0.15, 0.2) is 0 Å². The first-order valence-electron chi connectivity index (χ1n) is 8.34. The second-order valence-electron chi connectivity index (χ2n) is 5.78. The van der Waals surface area contributed by atoms with Gasteiger partial charge in [0.25, 0.3) is 17.2 Å². The molecule has 0 aliphatic rings. The topological polar surface area (TPSA) is 205 Å². The van der Waals surface area contributed by atoms with E-state index in [0.29, 0.717) is 5.56 Å². The van der Waals surface area contributed by atoms with Crippen LogP contribution in [0.5, 0.6) is 0 Å². The van der Waals surface area contributed by atoms with Gasteiger partial charge >= 0.3 is 5.69 Å². The summed E-state index contributed by atoms with van der Waals surface area (Å²) in [7, 11) is 0. The molecule has 158 valence electrons. The number of anilines is 1. The fourth-order valence-corrected chi connectivity index (χ4v) is 2.94. The van der Waals surface area contributed by atoms with E-state index in [2.05, 4.69) is 31.0 Å². The molecule has 0 spiro atoms. The molecule has 3 aromatic rings. The summed E-state index contributed by atoms with van der Waals surface area (Å²) in [6.07, 6.45) is 1.06. The van der Waals surface area contributed by atoms with Crippen molar-refractivity contribution in [1.82, 2.24) is 25.6 Å². The molecule has 0 aliphatic carbocycles. The van der Waals surface area contributed by atoms with Gasteiger partial charge in [-0.2, -0.15) is 5.10 Å². The maximum atomic E-state index is 12.1. The Morgan fingerprint density at radius 2 is 2.03 bits per heavy atom. The van der Waals surface area contributed by atoms with Gasteiger partial charge in [0, 0.05) is 23.8 Å². The molecule has 0 saturated heterocycles. The van der Waals surface area contributed by atoms with Gasteiger partial charge in [0.1, 0.15) is 10.7 Å². The Morgan fingerprint density at radius 1 is 1.23 bits per heavy atom. The van der Waals surface area contributed by atoms with Crippen molar-refractivity contribution in [2.24, 2.45) is 5.10 Å². The first-order chi connectivity index (χ1) is 14.8. The maximum absolute atomic E-state index is 12.1. The van der Waals surface area contributed by atoms with E-state index >= 15 is 0 Å². The van der Waals surface area contributed by atoms with E-state index in [1.54, 1.807) is 6.07 Å². The van der Waals surface area contributed by atoms with E-state index in [0.717, 1.165) is 17.4 Å². The number of hydrogen-bond donors (Lipinski definition) is 4. The van der Waals surface area contributed by atoms with Crippen LogP contribution in [0, 0.1) is 10.1 Å². The number of hydrogen-bond acceptors (Lipinski definition) is 10. The number of nitrogens with one attached hydrogen (secondary N) is 4. The van der Waals surface area contributed by atoms with Gasteiger partial charge in [0.2, 0.25) is 11.0 Å². The van der Waals surface area contributed by atoms with Gasteiger partial charge in [0.05, 0.1) is 17.6 Å². The van der Waals surface area contributed by atoms with Crippen molar-refractivity contribution in [3.63, 3.8) is 0 Å². The highest BCUT2D eigenvalue weighted by atomic mass is 32.1. The lowest BCUT2D eigenvalue weighted by atomic mass is 10.2. The molecule has 2 amide bonds. The van der Waals surface area contributed by atoms with Crippen LogP contribution in [0.25, 0.3) is 0 Å². The van der Waals surface area contributed by atoms with Crippen molar-refractivity contribution in [3.8, 4) is 0 Å². The van der Waals surface area contributed by atoms with Crippen LogP contribution >= 0.6 is 11.3 Å². The van der Waals surface area contributed by atoms with Crippen molar-refractivity contribution in [2.75, 3.05) is 5.32 Å². The second-order valence-corrected chi connectivity index (χ2v) is 6.84. The highest BCUT2D eigenvalue weighted by Gasteiger charge is 2.14. The van der Waals surface area contributed by atoms with E-state index in [-0.39, 0.29) is 27.9 Å². The predicted octanol–water partition coefficient (Wildman–Crippen LogP) is -0.232. The van der Waals surface area contributed by atoms with Crippen LogP contribution < -0.4 is 22.0 Å². The van der Waals surface area contributed by atoms with Gasteiger partial charge in [-0.15, -0.1) is 10.2 Å². The van der Waals surface area contributed by atoms with Crippen LogP contribution in [-0.2, 0) is 11.2 Å². The fraction of sp³-hybridized carbons (Fsp3) is 0.0625. The van der Waals surface area contributed by atoms with Gasteiger partial charge in [-0.1, -0.05) is 23.5 Å². The molecular formula is C16H12N8O6S. The van der Waals surface area contributed by atoms with Crippen LogP contribution in [0.1, 0.15) is 21.1 Å². The number of carbonyl (C=O) groups is 2. The Balaban J connectivity index is 1.55. The first-order valence-corrected chi connectivity index (χ1v) is 9.15. The minimum Gasteiger partial charge on any atom is -0.303 e. The van der Waals surface area contributed by atoms with Gasteiger partial charge < -0.3 is 4.98 Å². The minimum atomic E-state index is -0.835. The van der Waals surface area contributed by atoms with Gasteiger partial charge in [-0.25, -0.2) is 10.2 Å². The third-order valence-corrected chi connectivity index (χ3v) is 4.33.